The number of methoxy groups -OCH3 is 1. The number of halogens is 1. The van der Waals surface area contributed by atoms with Crippen molar-refractivity contribution >= 4 is 32.9 Å². The number of hydrogen-bond donors (Lipinski definition) is 1. The monoisotopic (exact) mass is 269 g/mol. The quantitative estimate of drug-likeness (QED) is 0.928. The summed E-state index contributed by atoms with van der Waals surface area (Å²) in [7, 11) is 1.67. The molecule has 0 atom stereocenters. The zero-order valence-corrected chi connectivity index (χ0v) is 9.99. The van der Waals surface area contributed by atoms with E-state index in [-0.39, 0.29) is 0 Å². The van der Waals surface area contributed by atoms with Crippen LogP contribution in [0.15, 0.2) is 22.7 Å². The van der Waals surface area contributed by atoms with Gasteiger partial charge in [-0.15, -0.1) is 0 Å². The van der Waals surface area contributed by atoms with Crippen molar-refractivity contribution in [3.05, 3.63) is 22.7 Å². The summed E-state index contributed by atoms with van der Waals surface area (Å²) in [6, 6.07) is 5.93. The summed E-state index contributed by atoms with van der Waals surface area (Å²) in [5.41, 5.74) is 7.76. The molecule has 80 valence electrons. The van der Waals surface area contributed by atoms with Gasteiger partial charge < -0.3 is 15.0 Å². The predicted octanol–water partition coefficient (Wildman–Crippen LogP) is 2.03. The molecule has 1 aromatic carbocycles. The summed E-state index contributed by atoms with van der Waals surface area (Å²) < 4.78 is 7.98. The standard InChI is InChI=1S/C10H12BrN3O/c1-15-5-4-14-9-3-2-7(11)6-8(9)13-10(14)12/h2-3,6H,4-5H2,1H3,(H2,12,13). The van der Waals surface area contributed by atoms with E-state index in [2.05, 4.69) is 20.9 Å². The molecule has 1 aromatic heterocycles. The van der Waals surface area contributed by atoms with Crippen LogP contribution in [0, 0.1) is 0 Å². The van der Waals surface area contributed by atoms with Crippen molar-refractivity contribution in [2.75, 3.05) is 19.5 Å². The third kappa shape index (κ3) is 1.98. The smallest absolute Gasteiger partial charge is 0.201 e. The van der Waals surface area contributed by atoms with Gasteiger partial charge in [0.05, 0.1) is 17.6 Å². The Bertz CT molecular complexity index is 481. The maximum Gasteiger partial charge on any atom is 0.201 e. The van der Waals surface area contributed by atoms with Gasteiger partial charge in [-0.1, -0.05) is 15.9 Å². The summed E-state index contributed by atoms with van der Waals surface area (Å²) in [6.45, 7) is 1.35. The minimum absolute atomic E-state index is 0.528. The molecule has 0 spiro atoms. The first-order valence-electron chi connectivity index (χ1n) is 4.62. The Morgan fingerprint density at radius 3 is 3.07 bits per heavy atom. The molecule has 2 aromatic rings. The topological polar surface area (TPSA) is 53.1 Å². The Morgan fingerprint density at radius 1 is 1.53 bits per heavy atom. The number of hydrogen-bond acceptors (Lipinski definition) is 3. The van der Waals surface area contributed by atoms with Crippen molar-refractivity contribution in [2.24, 2.45) is 0 Å². The largest absolute Gasteiger partial charge is 0.383 e. The van der Waals surface area contributed by atoms with Gasteiger partial charge in [0, 0.05) is 18.1 Å². The van der Waals surface area contributed by atoms with Crippen LogP contribution < -0.4 is 5.73 Å². The van der Waals surface area contributed by atoms with Gasteiger partial charge in [-0.2, -0.15) is 0 Å². The highest BCUT2D eigenvalue weighted by Crippen LogP contribution is 2.21. The maximum atomic E-state index is 5.83. The van der Waals surface area contributed by atoms with E-state index in [1.54, 1.807) is 7.11 Å². The number of nitrogens with two attached hydrogens (primary N) is 1. The SMILES string of the molecule is COCCn1c(N)nc2cc(Br)ccc21. The van der Waals surface area contributed by atoms with Gasteiger partial charge in [0.25, 0.3) is 0 Å². The Labute approximate surface area is 96.2 Å². The lowest BCUT2D eigenvalue weighted by Gasteiger charge is -2.04. The third-order valence-electron chi connectivity index (χ3n) is 2.26. The Kier molecular flexibility index (Phi) is 2.93. The van der Waals surface area contributed by atoms with Gasteiger partial charge in [-0.25, -0.2) is 4.98 Å². The molecule has 0 fully saturated rings. The number of anilines is 1. The number of nitrogen functional groups attached to an aromatic ring is 1. The number of ether oxygens (including phenoxy) is 1. The fraction of sp³-hybridized carbons (Fsp3) is 0.300. The molecule has 0 radical (unpaired) electrons. The van der Waals surface area contributed by atoms with Crippen LogP contribution in [-0.2, 0) is 11.3 Å². The van der Waals surface area contributed by atoms with Gasteiger partial charge in [0.2, 0.25) is 5.95 Å². The predicted molar refractivity (Wildman–Crippen MR) is 63.7 cm³/mol. The fourth-order valence-electron chi connectivity index (χ4n) is 1.54. The summed E-state index contributed by atoms with van der Waals surface area (Å²) in [4.78, 5) is 4.28. The van der Waals surface area contributed by atoms with Gasteiger partial charge in [-0.05, 0) is 18.2 Å². The number of imidazole rings is 1. The number of nitrogens with zero attached hydrogens (tertiary/aromatic N) is 2. The number of aromatic nitrogens is 2. The van der Waals surface area contributed by atoms with Crippen LogP contribution in [0.1, 0.15) is 0 Å². The van der Waals surface area contributed by atoms with Crippen molar-refractivity contribution in [3.8, 4) is 0 Å². The summed E-state index contributed by atoms with van der Waals surface area (Å²) >= 11 is 3.40. The van der Waals surface area contributed by atoms with Crippen LogP contribution >= 0.6 is 15.9 Å². The summed E-state index contributed by atoms with van der Waals surface area (Å²) in [5.74, 6) is 0.528. The van der Waals surface area contributed by atoms with E-state index >= 15 is 0 Å². The molecule has 2 rings (SSSR count). The van der Waals surface area contributed by atoms with Crippen molar-refractivity contribution in [1.29, 1.82) is 0 Å². The highest BCUT2D eigenvalue weighted by molar-refractivity contribution is 9.10. The Morgan fingerprint density at radius 2 is 2.33 bits per heavy atom. The Balaban J connectivity index is 2.48. The molecule has 5 heteroatoms. The minimum atomic E-state index is 0.528. The van der Waals surface area contributed by atoms with Crippen molar-refractivity contribution in [1.82, 2.24) is 9.55 Å². The molecule has 0 aliphatic heterocycles. The molecule has 0 aliphatic rings. The first-order valence-corrected chi connectivity index (χ1v) is 5.42. The van der Waals surface area contributed by atoms with Crippen molar-refractivity contribution in [2.45, 2.75) is 6.54 Å². The van der Waals surface area contributed by atoms with E-state index in [9.17, 15) is 0 Å². The molecule has 0 saturated heterocycles. The molecule has 0 amide bonds. The normalized spacial score (nSPS) is 11.1. The summed E-state index contributed by atoms with van der Waals surface area (Å²) in [6.07, 6.45) is 0. The average molecular weight is 270 g/mol. The molecule has 0 unspecified atom stereocenters. The van der Waals surface area contributed by atoms with E-state index in [0.29, 0.717) is 12.6 Å². The van der Waals surface area contributed by atoms with Crippen molar-refractivity contribution < 1.29 is 4.74 Å². The second-order valence-corrected chi connectivity index (χ2v) is 4.16. The number of benzene rings is 1. The average Bonchev–Trinajstić information content (AvgIpc) is 2.50. The van der Waals surface area contributed by atoms with E-state index in [0.717, 1.165) is 22.1 Å². The third-order valence-corrected chi connectivity index (χ3v) is 2.75. The second-order valence-electron chi connectivity index (χ2n) is 3.25. The van der Waals surface area contributed by atoms with Gasteiger partial charge in [-0.3, -0.25) is 0 Å². The first-order chi connectivity index (χ1) is 7.22. The lowest BCUT2D eigenvalue weighted by atomic mass is 10.3. The zero-order valence-electron chi connectivity index (χ0n) is 8.40. The molecule has 0 aliphatic carbocycles. The molecule has 4 nitrogen and oxygen atoms in total. The Hall–Kier alpha value is -1.07. The van der Waals surface area contributed by atoms with Crippen LogP contribution in [0.3, 0.4) is 0 Å². The molecule has 0 saturated carbocycles. The van der Waals surface area contributed by atoms with E-state index in [1.165, 1.54) is 0 Å². The number of fused-ring (bicyclic) bond motifs is 1. The van der Waals surface area contributed by atoms with Crippen LogP contribution in [0.25, 0.3) is 11.0 Å². The minimum Gasteiger partial charge on any atom is -0.383 e. The molecular weight excluding hydrogens is 258 g/mol. The van der Waals surface area contributed by atoms with E-state index in [4.69, 9.17) is 10.5 Å². The van der Waals surface area contributed by atoms with Gasteiger partial charge >= 0.3 is 0 Å². The molecule has 2 N–H and O–H groups in total. The van der Waals surface area contributed by atoms with E-state index < -0.39 is 0 Å². The molecule has 15 heavy (non-hydrogen) atoms. The van der Waals surface area contributed by atoms with Crippen LogP contribution in [-0.4, -0.2) is 23.3 Å². The number of rotatable bonds is 3. The second kappa shape index (κ2) is 4.20. The van der Waals surface area contributed by atoms with Gasteiger partial charge in [0.1, 0.15) is 0 Å². The molecular formula is C10H12BrN3O. The van der Waals surface area contributed by atoms with E-state index in [1.807, 2.05) is 22.8 Å². The summed E-state index contributed by atoms with van der Waals surface area (Å²) in [5, 5.41) is 0. The lowest BCUT2D eigenvalue weighted by Crippen LogP contribution is -2.07. The van der Waals surface area contributed by atoms with Gasteiger partial charge in [0.15, 0.2) is 0 Å². The van der Waals surface area contributed by atoms with Crippen LogP contribution in [0.2, 0.25) is 0 Å². The van der Waals surface area contributed by atoms with Crippen LogP contribution in [0.5, 0.6) is 0 Å². The highest BCUT2D eigenvalue weighted by Gasteiger charge is 2.07. The first kappa shape index (κ1) is 10.4. The fourth-order valence-corrected chi connectivity index (χ4v) is 1.89. The lowest BCUT2D eigenvalue weighted by molar-refractivity contribution is 0.189. The zero-order chi connectivity index (χ0) is 10.8. The molecule has 1 heterocycles. The van der Waals surface area contributed by atoms with Crippen molar-refractivity contribution in [3.63, 3.8) is 0 Å². The molecule has 0 bridgehead atoms. The van der Waals surface area contributed by atoms with Crippen LogP contribution in [0.4, 0.5) is 5.95 Å². The maximum absolute atomic E-state index is 5.83. The highest BCUT2D eigenvalue weighted by atomic mass is 79.9.